The van der Waals surface area contributed by atoms with Gasteiger partial charge in [0.1, 0.15) is 0 Å². The summed E-state index contributed by atoms with van der Waals surface area (Å²) in [4.78, 5) is 13.6. The highest BCUT2D eigenvalue weighted by molar-refractivity contribution is 8.18. The number of methoxy groups -OCH3 is 3. The molecule has 0 saturated carbocycles. The van der Waals surface area contributed by atoms with Gasteiger partial charge in [-0.25, -0.2) is 0 Å². The molecular weight excluding hydrogens is 400 g/mol. The number of ether oxygens (including phenoxy) is 3. The predicted molar refractivity (Wildman–Crippen MR) is 117 cm³/mol. The summed E-state index contributed by atoms with van der Waals surface area (Å²) in [6.07, 6.45) is 1.94. The van der Waals surface area contributed by atoms with E-state index >= 15 is 0 Å². The van der Waals surface area contributed by atoms with Crippen LogP contribution in [0.25, 0.3) is 10.1 Å². The smallest absolute Gasteiger partial charge is 0.311 e. The predicted octanol–water partition coefficient (Wildman–Crippen LogP) is 5.53. The number of hydrogen-bond donors (Lipinski definition) is 0. The lowest BCUT2D eigenvalue weighted by molar-refractivity contribution is -0.151. The molecule has 0 bridgehead atoms. The average molecular weight is 427 g/mol. The lowest BCUT2D eigenvalue weighted by Crippen LogP contribution is -2.34. The number of hydrogen-bond acceptors (Lipinski definition) is 7. The van der Waals surface area contributed by atoms with Gasteiger partial charge in [0.25, 0.3) is 0 Å². The van der Waals surface area contributed by atoms with Crippen LogP contribution in [-0.2, 0) is 13.6 Å². The van der Waals surface area contributed by atoms with Gasteiger partial charge in [-0.3, -0.25) is 4.79 Å². The minimum absolute atomic E-state index is 0.139. The topological polar surface area (TPSA) is 44.8 Å². The minimum Gasteiger partial charge on any atom is -0.493 e. The highest BCUT2D eigenvalue weighted by Gasteiger charge is 2.45. The third-order valence-electron chi connectivity index (χ3n) is 4.77. The van der Waals surface area contributed by atoms with Crippen molar-refractivity contribution >= 4 is 50.9 Å². The summed E-state index contributed by atoms with van der Waals surface area (Å²) in [6, 6.07) is 6.33. The number of thiophene rings is 1. The second-order valence-electron chi connectivity index (χ2n) is 7.21. The van der Waals surface area contributed by atoms with Gasteiger partial charge in [0, 0.05) is 15.6 Å². The average Bonchev–Trinajstić information content (AvgIpc) is 3.10. The molecule has 148 valence electrons. The van der Waals surface area contributed by atoms with Crippen molar-refractivity contribution < 1.29 is 19.0 Å². The molecule has 0 radical (unpaired) electrons. The van der Waals surface area contributed by atoms with E-state index in [9.17, 15) is 4.79 Å². The highest BCUT2D eigenvalue weighted by atomic mass is 32.2. The third-order valence-corrected chi connectivity index (χ3v) is 9.64. The van der Waals surface area contributed by atoms with E-state index < -0.39 is 5.41 Å². The van der Waals surface area contributed by atoms with Gasteiger partial charge in [-0.05, 0) is 55.7 Å². The van der Waals surface area contributed by atoms with Crippen LogP contribution in [0.2, 0.25) is 0 Å². The molecule has 27 heavy (non-hydrogen) atoms. The van der Waals surface area contributed by atoms with Crippen molar-refractivity contribution in [3.05, 3.63) is 23.1 Å². The number of fused-ring (bicyclic) bond motifs is 1. The van der Waals surface area contributed by atoms with Gasteiger partial charge in [0.15, 0.2) is 11.5 Å². The Balaban J connectivity index is 2.06. The monoisotopic (exact) mass is 426 g/mol. The van der Waals surface area contributed by atoms with Crippen molar-refractivity contribution in [3.63, 3.8) is 0 Å². The molecule has 2 heterocycles. The van der Waals surface area contributed by atoms with Crippen molar-refractivity contribution in [1.29, 1.82) is 0 Å². The van der Waals surface area contributed by atoms with Crippen molar-refractivity contribution in [2.24, 2.45) is 5.41 Å². The number of benzene rings is 1. The first-order valence-corrected chi connectivity index (χ1v) is 11.7. The van der Waals surface area contributed by atoms with Gasteiger partial charge in [-0.2, -0.15) is 0 Å². The van der Waals surface area contributed by atoms with Gasteiger partial charge in [0.2, 0.25) is 0 Å². The maximum Gasteiger partial charge on any atom is 0.311 e. The molecule has 1 aromatic heterocycles. The van der Waals surface area contributed by atoms with E-state index in [1.807, 2.05) is 49.5 Å². The molecule has 1 aliphatic rings. The van der Waals surface area contributed by atoms with Crippen LogP contribution >= 0.6 is 34.9 Å². The molecule has 2 aromatic rings. The molecular formula is C20H26O4S3. The van der Waals surface area contributed by atoms with Gasteiger partial charge in [-0.1, -0.05) is 0 Å². The van der Waals surface area contributed by atoms with E-state index in [1.54, 1.807) is 25.6 Å². The fourth-order valence-corrected chi connectivity index (χ4v) is 8.63. The number of rotatable bonds is 6. The summed E-state index contributed by atoms with van der Waals surface area (Å²) in [5.74, 6) is 3.53. The van der Waals surface area contributed by atoms with Crippen LogP contribution in [0.5, 0.6) is 11.5 Å². The molecule has 3 rings (SSSR count). The quantitative estimate of drug-likeness (QED) is 0.566. The first kappa shape index (κ1) is 20.7. The molecule has 1 aromatic carbocycles. The Morgan fingerprint density at radius 1 is 1.07 bits per heavy atom. The van der Waals surface area contributed by atoms with Crippen molar-refractivity contribution in [2.75, 3.05) is 32.8 Å². The fraction of sp³-hybridized carbons (Fsp3) is 0.550. The summed E-state index contributed by atoms with van der Waals surface area (Å²) in [6.45, 7) is 3.96. The second-order valence-corrected chi connectivity index (χ2v) is 11.3. The van der Waals surface area contributed by atoms with Crippen LogP contribution in [0, 0.1) is 5.41 Å². The summed E-state index contributed by atoms with van der Waals surface area (Å²) in [7, 11) is 4.78. The zero-order valence-corrected chi connectivity index (χ0v) is 18.9. The van der Waals surface area contributed by atoms with Crippen LogP contribution in [0.3, 0.4) is 0 Å². The molecule has 0 atom stereocenters. The minimum atomic E-state index is -0.544. The Morgan fingerprint density at radius 3 is 2.30 bits per heavy atom. The zero-order valence-electron chi connectivity index (χ0n) is 16.4. The molecule has 1 fully saturated rings. The van der Waals surface area contributed by atoms with Gasteiger partial charge in [-0.15, -0.1) is 34.9 Å². The molecule has 0 unspecified atom stereocenters. The maximum absolute atomic E-state index is 12.3. The van der Waals surface area contributed by atoms with Crippen LogP contribution in [0.15, 0.2) is 18.2 Å². The van der Waals surface area contributed by atoms with E-state index in [4.69, 9.17) is 14.2 Å². The lowest BCUT2D eigenvalue weighted by Gasteiger charge is -2.40. The first-order chi connectivity index (χ1) is 12.8. The largest absolute Gasteiger partial charge is 0.493 e. The van der Waals surface area contributed by atoms with Crippen molar-refractivity contribution in [1.82, 2.24) is 0 Å². The van der Waals surface area contributed by atoms with Crippen molar-refractivity contribution in [3.8, 4) is 11.5 Å². The van der Waals surface area contributed by atoms with E-state index in [2.05, 4.69) is 6.07 Å². The van der Waals surface area contributed by atoms with E-state index in [-0.39, 0.29) is 10.0 Å². The van der Waals surface area contributed by atoms with Gasteiger partial charge >= 0.3 is 5.97 Å². The number of carbonyl (C=O) groups is 1. The van der Waals surface area contributed by atoms with Crippen LogP contribution in [0.4, 0.5) is 0 Å². The van der Waals surface area contributed by atoms with Crippen LogP contribution in [0.1, 0.15) is 31.6 Å². The molecule has 0 aliphatic carbocycles. The van der Waals surface area contributed by atoms with Gasteiger partial charge in [0.05, 0.1) is 30.8 Å². The molecule has 0 amide bonds. The summed E-state index contributed by atoms with van der Waals surface area (Å²) in [5, 5.41) is 1.15. The Kier molecular flexibility index (Phi) is 6.23. The summed E-state index contributed by atoms with van der Waals surface area (Å²) in [5.41, 5.74) is -0.544. The zero-order chi connectivity index (χ0) is 19.7. The molecule has 1 saturated heterocycles. The third kappa shape index (κ3) is 4.05. The molecule has 4 nitrogen and oxygen atoms in total. The Morgan fingerprint density at radius 2 is 1.70 bits per heavy atom. The molecule has 1 aliphatic heterocycles. The fourth-order valence-electron chi connectivity index (χ4n) is 3.39. The number of esters is 1. The molecule has 0 spiro atoms. The van der Waals surface area contributed by atoms with Gasteiger partial charge < -0.3 is 14.2 Å². The SMILES string of the molecule is COC(=O)C(C)(C)CC1(c2cc3cc(OC)c(OC)cc3s2)SCCCS1. The Hall–Kier alpha value is -1.05. The molecule has 7 heteroatoms. The normalized spacial score (nSPS) is 16.9. The summed E-state index contributed by atoms with van der Waals surface area (Å²) >= 11 is 5.70. The summed E-state index contributed by atoms with van der Waals surface area (Å²) < 4.78 is 17.0. The maximum atomic E-state index is 12.3. The van der Waals surface area contributed by atoms with Crippen molar-refractivity contribution in [2.45, 2.75) is 30.8 Å². The molecule has 0 N–H and O–H groups in total. The standard InChI is InChI=1S/C20H26O4S3/c1-19(2,18(21)24-5)12-20(25-7-6-8-26-20)17-10-13-9-14(22-3)15(23-4)11-16(13)27-17/h9-11H,6-8,12H2,1-5H3. The van der Waals surface area contributed by atoms with Crippen LogP contribution < -0.4 is 9.47 Å². The highest BCUT2D eigenvalue weighted by Crippen LogP contribution is 2.58. The second kappa shape index (κ2) is 8.13. The number of carbonyl (C=O) groups excluding carboxylic acids is 1. The van der Waals surface area contributed by atoms with E-state index in [0.29, 0.717) is 0 Å². The lowest BCUT2D eigenvalue weighted by atomic mass is 9.87. The number of thioether (sulfide) groups is 2. The Bertz CT molecular complexity index is 781. The first-order valence-electron chi connectivity index (χ1n) is 8.87. The van der Waals surface area contributed by atoms with E-state index in [1.165, 1.54) is 23.1 Å². The van der Waals surface area contributed by atoms with E-state index in [0.717, 1.165) is 34.8 Å². The Labute approximate surface area is 173 Å². The van der Waals surface area contributed by atoms with Crippen LogP contribution in [-0.4, -0.2) is 38.8 Å².